The molecule has 0 bridgehead atoms. The van der Waals surface area contributed by atoms with Crippen LogP contribution in [0, 0.1) is 11.8 Å². The Morgan fingerprint density at radius 2 is 2.00 bits per heavy atom. The summed E-state index contributed by atoms with van der Waals surface area (Å²) >= 11 is 0. The highest BCUT2D eigenvalue weighted by molar-refractivity contribution is 6.00. The smallest absolute Gasteiger partial charge is 0.449 e. The Labute approximate surface area is 227 Å². The number of allylic oxidation sites excluding steroid dienone is 1. The summed E-state index contributed by atoms with van der Waals surface area (Å²) in [6, 6.07) is 4.07. The molecule has 0 unspecified atom stereocenters. The number of anilines is 1. The first-order valence-electron chi connectivity index (χ1n) is 12.4. The number of likely N-dealkylation sites (tertiary alicyclic amines) is 1. The number of fused-ring (bicyclic) bond motifs is 1. The number of methoxy groups -OCH3 is 1. The third-order valence-electron chi connectivity index (χ3n) is 6.80. The van der Waals surface area contributed by atoms with Crippen molar-refractivity contribution in [3.63, 3.8) is 0 Å². The first-order valence-corrected chi connectivity index (χ1v) is 12.4. The van der Waals surface area contributed by atoms with Gasteiger partial charge < -0.3 is 25.3 Å². The maximum Gasteiger partial charge on any atom is 0.449 e. The molecule has 2 aliphatic rings. The molecule has 1 saturated heterocycles. The van der Waals surface area contributed by atoms with Crippen LogP contribution in [0.2, 0.25) is 0 Å². The van der Waals surface area contributed by atoms with Gasteiger partial charge >= 0.3 is 6.18 Å². The van der Waals surface area contributed by atoms with Crippen molar-refractivity contribution in [3.05, 3.63) is 65.5 Å². The fourth-order valence-electron chi connectivity index (χ4n) is 4.97. The van der Waals surface area contributed by atoms with Crippen LogP contribution >= 0.6 is 0 Å². The fourth-order valence-corrected chi connectivity index (χ4v) is 4.97. The average molecular weight is 554 g/mol. The lowest BCUT2D eigenvalue weighted by Crippen LogP contribution is -2.27. The largest absolute Gasteiger partial charge is 0.503 e. The maximum atomic E-state index is 13.6. The highest BCUT2D eigenvalue weighted by Crippen LogP contribution is 2.43. The Bertz CT molecular complexity index is 1620. The zero-order valence-corrected chi connectivity index (χ0v) is 21.7. The van der Waals surface area contributed by atoms with E-state index in [0.29, 0.717) is 41.9 Å². The molecule has 208 valence electrons. The van der Waals surface area contributed by atoms with Crippen LogP contribution in [-0.4, -0.2) is 56.7 Å². The number of nitrogens with two attached hydrogens (primary N) is 1. The third-order valence-corrected chi connectivity index (χ3v) is 6.80. The molecule has 3 N–H and O–H groups in total. The van der Waals surface area contributed by atoms with Gasteiger partial charge in [-0.15, -0.1) is 0 Å². The van der Waals surface area contributed by atoms with Gasteiger partial charge in [-0.25, -0.2) is 9.67 Å². The Morgan fingerprint density at radius 3 is 2.60 bits per heavy atom. The predicted molar refractivity (Wildman–Crippen MR) is 140 cm³/mol. The summed E-state index contributed by atoms with van der Waals surface area (Å²) in [5.74, 6) is 4.04. The number of halogens is 3. The summed E-state index contributed by atoms with van der Waals surface area (Å²) < 4.78 is 48.8. The molecule has 5 rings (SSSR count). The number of nitrogens with zero attached hydrogens (tertiary/aromatic N) is 5. The van der Waals surface area contributed by atoms with Gasteiger partial charge in [0.2, 0.25) is 11.7 Å². The summed E-state index contributed by atoms with van der Waals surface area (Å²) in [5.41, 5.74) is 7.40. The lowest BCUT2D eigenvalue weighted by Gasteiger charge is -2.16. The van der Waals surface area contributed by atoms with E-state index in [0.717, 1.165) is 0 Å². The summed E-state index contributed by atoms with van der Waals surface area (Å²) in [6.07, 6.45) is -0.203. The molecule has 3 heterocycles. The van der Waals surface area contributed by atoms with Gasteiger partial charge in [0.25, 0.3) is 5.91 Å². The Hall–Kier alpha value is -4.73. The Kier molecular flexibility index (Phi) is 6.79. The minimum atomic E-state index is -4.58. The number of carbonyl (C=O) groups excluding carboxylic acids is 2. The number of imidazole rings is 1. The van der Waals surface area contributed by atoms with E-state index >= 15 is 0 Å². The average Bonchev–Trinajstić information content (AvgIpc) is 3.38. The second-order valence-corrected chi connectivity index (χ2v) is 9.47. The summed E-state index contributed by atoms with van der Waals surface area (Å²) in [7, 11) is 3.08. The number of benzene rings is 1. The fraction of sp³-hybridized carbons (Fsp3) is 0.333. The van der Waals surface area contributed by atoms with Crippen molar-refractivity contribution >= 4 is 28.7 Å². The van der Waals surface area contributed by atoms with E-state index in [1.807, 2.05) is 0 Å². The van der Waals surface area contributed by atoms with E-state index in [4.69, 9.17) is 10.5 Å². The number of rotatable bonds is 6. The number of hydrogen-bond acceptors (Lipinski definition) is 6. The van der Waals surface area contributed by atoms with E-state index in [1.165, 1.54) is 35.0 Å². The van der Waals surface area contributed by atoms with Crippen LogP contribution in [0.4, 0.5) is 19.0 Å². The summed E-state index contributed by atoms with van der Waals surface area (Å²) in [5, 5.41) is 7.49. The van der Waals surface area contributed by atoms with Crippen molar-refractivity contribution in [3.8, 4) is 11.8 Å². The second kappa shape index (κ2) is 10.1. The number of nitrogens with one attached hydrogen (secondary N) is 1. The van der Waals surface area contributed by atoms with Crippen molar-refractivity contribution < 1.29 is 27.5 Å². The zero-order chi connectivity index (χ0) is 28.8. The van der Waals surface area contributed by atoms with Crippen LogP contribution in [0.15, 0.2) is 42.8 Å². The van der Waals surface area contributed by atoms with Crippen LogP contribution in [-0.2, 0) is 15.7 Å². The van der Waals surface area contributed by atoms with E-state index in [-0.39, 0.29) is 41.3 Å². The number of ether oxygens (including phenoxy) is 1. The van der Waals surface area contributed by atoms with E-state index < -0.39 is 17.9 Å². The standard InChI is InChI=1S/C27H26F3N7O3/c1-4-22(38)35-13-17(12-18(35)14-40-3)37-25(32-2)23(24(31)39)19(34-37)9-5-15-6-10-21-20(11-15)33-26(27(28,29)30)36(21)16-7-8-16/h4,6,10-11,14,16-17,32H,1,7-8,12-13H2,2-3H3,(H2,31,39)/b18-14+/t17-/m0/s1. The van der Waals surface area contributed by atoms with Crippen molar-refractivity contribution in [2.45, 2.75) is 37.5 Å². The van der Waals surface area contributed by atoms with Gasteiger partial charge in [-0.05, 0) is 43.0 Å². The first kappa shape index (κ1) is 26.9. The molecule has 0 spiro atoms. The van der Waals surface area contributed by atoms with Gasteiger partial charge in [-0.1, -0.05) is 12.5 Å². The number of primary amides is 1. The van der Waals surface area contributed by atoms with Crippen LogP contribution in [0.3, 0.4) is 0 Å². The highest BCUT2D eigenvalue weighted by atomic mass is 19.4. The van der Waals surface area contributed by atoms with Crippen LogP contribution in [0.25, 0.3) is 11.0 Å². The van der Waals surface area contributed by atoms with Gasteiger partial charge in [0.05, 0.1) is 29.9 Å². The molecule has 2 fully saturated rings. The number of hydrogen-bond donors (Lipinski definition) is 2. The summed E-state index contributed by atoms with van der Waals surface area (Å²) in [6.45, 7) is 3.78. The molecule has 1 saturated carbocycles. The maximum absolute atomic E-state index is 13.6. The van der Waals surface area contributed by atoms with Gasteiger partial charge in [0.1, 0.15) is 17.6 Å². The quantitative estimate of drug-likeness (QED) is 0.274. The monoisotopic (exact) mass is 553 g/mol. The molecule has 1 aliphatic heterocycles. The van der Waals surface area contributed by atoms with Gasteiger partial charge in [-0.2, -0.15) is 18.3 Å². The Morgan fingerprint density at radius 1 is 1.25 bits per heavy atom. The molecule has 2 amide bonds. The molecule has 13 heteroatoms. The molecule has 1 atom stereocenters. The highest BCUT2D eigenvalue weighted by Gasteiger charge is 2.41. The van der Waals surface area contributed by atoms with Crippen molar-refractivity contribution in [2.24, 2.45) is 5.73 Å². The van der Waals surface area contributed by atoms with Gasteiger partial charge in [-0.3, -0.25) is 9.59 Å². The van der Waals surface area contributed by atoms with E-state index in [2.05, 4.69) is 33.8 Å². The molecule has 1 aliphatic carbocycles. The second-order valence-electron chi connectivity index (χ2n) is 9.47. The zero-order valence-electron chi connectivity index (χ0n) is 21.7. The van der Waals surface area contributed by atoms with Gasteiger partial charge in [0.15, 0.2) is 5.69 Å². The topological polar surface area (TPSA) is 120 Å². The Balaban J connectivity index is 1.53. The molecule has 2 aromatic heterocycles. The third kappa shape index (κ3) is 4.76. The normalized spacial score (nSPS) is 18.1. The number of aromatic nitrogens is 4. The number of amides is 2. The van der Waals surface area contributed by atoms with Crippen molar-refractivity contribution in [1.29, 1.82) is 0 Å². The predicted octanol–water partition coefficient (Wildman–Crippen LogP) is 3.57. The molecule has 3 aromatic rings. The lowest BCUT2D eigenvalue weighted by molar-refractivity contribution is -0.147. The van der Waals surface area contributed by atoms with Crippen LogP contribution < -0.4 is 11.1 Å². The van der Waals surface area contributed by atoms with Crippen molar-refractivity contribution in [2.75, 3.05) is 26.0 Å². The molecular weight excluding hydrogens is 527 g/mol. The van der Waals surface area contributed by atoms with Crippen LogP contribution in [0.1, 0.15) is 58.8 Å². The van der Waals surface area contributed by atoms with Gasteiger partial charge in [0, 0.05) is 31.6 Å². The summed E-state index contributed by atoms with van der Waals surface area (Å²) in [4.78, 5) is 30.2. The van der Waals surface area contributed by atoms with E-state index in [1.54, 1.807) is 23.9 Å². The van der Waals surface area contributed by atoms with Crippen LogP contribution in [0.5, 0.6) is 0 Å². The minimum absolute atomic E-state index is 0.0548. The first-order chi connectivity index (χ1) is 19.1. The van der Waals surface area contributed by atoms with E-state index in [9.17, 15) is 22.8 Å². The number of carbonyl (C=O) groups is 2. The molecule has 10 nitrogen and oxygen atoms in total. The SMILES string of the molecule is C=CC(=O)N1C[C@@H](n2nc(C#Cc3ccc4c(c3)nc(C(F)(F)F)n4C3CC3)c(C(N)=O)c2NC)C/C1=C\OC. The van der Waals surface area contributed by atoms with Crippen molar-refractivity contribution in [1.82, 2.24) is 24.2 Å². The molecule has 40 heavy (non-hydrogen) atoms. The molecular formula is C27H26F3N7O3. The minimum Gasteiger partial charge on any atom is -0.503 e. The molecule has 1 aromatic carbocycles. The lowest BCUT2D eigenvalue weighted by atomic mass is 10.1. The number of alkyl halides is 3. The molecule has 0 radical (unpaired) electrons.